The lowest BCUT2D eigenvalue weighted by Crippen LogP contribution is -2.15. The second-order valence-electron chi connectivity index (χ2n) is 13.1. The first-order valence-corrected chi connectivity index (χ1v) is 17.1. The van der Waals surface area contributed by atoms with Crippen LogP contribution in [0, 0.1) is 0 Å². The molecule has 0 aromatic heterocycles. The van der Waals surface area contributed by atoms with E-state index in [1.54, 1.807) is 28.4 Å². The van der Waals surface area contributed by atoms with Crippen LogP contribution in [0.15, 0.2) is 60.7 Å². The number of methoxy groups -OCH3 is 4. The minimum atomic E-state index is -0.166. The minimum absolute atomic E-state index is 0.0514. The second-order valence-corrected chi connectivity index (χ2v) is 13.1. The Bertz CT molecular complexity index is 1670. The Labute approximate surface area is 292 Å². The monoisotopic (exact) mass is 662 g/mol. The molecule has 0 N–H and O–H groups in total. The predicted molar refractivity (Wildman–Crippen MR) is 202 cm³/mol. The molecule has 0 amide bonds. The van der Waals surface area contributed by atoms with Crippen molar-refractivity contribution in [1.29, 1.82) is 0 Å². The summed E-state index contributed by atoms with van der Waals surface area (Å²) >= 11 is 0. The van der Waals surface area contributed by atoms with Crippen LogP contribution in [0.1, 0.15) is 87.8 Å². The Balaban J connectivity index is 1.40. The Morgan fingerprint density at radius 2 is 0.837 bits per heavy atom. The number of ether oxygens (including phenoxy) is 6. The van der Waals surface area contributed by atoms with E-state index < -0.39 is 0 Å². The first-order valence-electron chi connectivity index (χ1n) is 17.1. The van der Waals surface area contributed by atoms with Crippen LogP contribution in [0.3, 0.4) is 0 Å². The molecule has 1 aliphatic rings. The molecule has 4 aromatic carbocycles. The second kappa shape index (κ2) is 15.1. The fourth-order valence-electron chi connectivity index (χ4n) is 6.16. The van der Waals surface area contributed by atoms with Crippen molar-refractivity contribution in [3.63, 3.8) is 0 Å². The highest BCUT2D eigenvalue weighted by molar-refractivity contribution is 5.85. The summed E-state index contributed by atoms with van der Waals surface area (Å²) in [6, 6.07) is 21.4. The average molecular weight is 663 g/mol. The number of fused-ring (bicyclic) bond motifs is 3. The van der Waals surface area contributed by atoms with Crippen LogP contribution in [0.2, 0.25) is 0 Å². The van der Waals surface area contributed by atoms with Gasteiger partial charge in [-0.3, -0.25) is 0 Å². The van der Waals surface area contributed by atoms with E-state index >= 15 is 0 Å². The van der Waals surface area contributed by atoms with E-state index in [9.17, 15) is 0 Å². The molecule has 0 aliphatic heterocycles. The van der Waals surface area contributed by atoms with Crippen molar-refractivity contribution in [3.05, 3.63) is 94.0 Å². The van der Waals surface area contributed by atoms with Crippen molar-refractivity contribution in [1.82, 2.24) is 0 Å². The zero-order chi connectivity index (χ0) is 35.3. The van der Waals surface area contributed by atoms with E-state index in [1.165, 1.54) is 22.3 Å². The van der Waals surface area contributed by atoms with Crippen LogP contribution in [0.5, 0.6) is 34.5 Å². The molecule has 0 heterocycles. The molecule has 2 atom stereocenters. The van der Waals surface area contributed by atoms with Crippen LogP contribution in [0.4, 0.5) is 0 Å². The molecule has 0 radical (unpaired) electrons. The summed E-state index contributed by atoms with van der Waals surface area (Å²) in [5, 5.41) is 0. The van der Waals surface area contributed by atoms with Crippen molar-refractivity contribution in [2.75, 3.05) is 28.4 Å². The van der Waals surface area contributed by atoms with Crippen LogP contribution in [-0.2, 0) is 5.41 Å². The van der Waals surface area contributed by atoms with Crippen molar-refractivity contribution in [2.24, 2.45) is 0 Å². The molecule has 4 aromatic rings. The van der Waals surface area contributed by atoms with Crippen molar-refractivity contribution in [2.45, 2.75) is 72.0 Å². The van der Waals surface area contributed by atoms with Gasteiger partial charge < -0.3 is 28.4 Å². The van der Waals surface area contributed by atoms with Crippen LogP contribution in [-0.4, -0.2) is 40.6 Å². The maximum atomic E-state index is 6.12. The van der Waals surface area contributed by atoms with Crippen molar-refractivity contribution in [3.8, 4) is 45.6 Å². The van der Waals surface area contributed by atoms with Gasteiger partial charge in [0.15, 0.2) is 23.0 Å². The molecular formula is C43H50O6. The van der Waals surface area contributed by atoms with Gasteiger partial charge in [-0.1, -0.05) is 88.4 Å². The quantitative estimate of drug-likeness (QED) is 0.125. The zero-order valence-corrected chi connectivity index (χ0v) is 30.6. The molecule has 0 fully saturated rings. The van der Waals surface area contributed by atoms with Gasteiger partial charge in [0.2, 0.25) is 11.5 Å². The summed E-state index contributed by atoms with van der Waals surface area (Å²) < 4.78 is 35.0. The lowest BCUT2D eigenvalue weighted by Gasteiger charge is -2.22. The summed E-state index contributed by atoms with van der Waals surface area (Å²) in [4.78, 5) is 0. The van der Waals surface area contributed by atoms with E-state index in [0.717, 1.165) is 35.1 Å². The lowest BCUT2D eigenvalue weighted by molar-refractivity contribution is 0.198. The molecule has 2 unspecified atom stereocenters. The summed E-state index contributed by atoms with van der Waals surface area (Å²) in [5.41, 5.74) is 9.19. The van der Waals surface area contributed by atoms with E-state index in [0.29, 0.717) is 34.5 Å². The smallest absolute Gasteiger partial charge is 0.203 e. The van der Waals surface area contributed by atoms with Crippen LogP contribution in [0.25, 0.3) is 35.4 Å². The summed E-state index contributed by atoms with van der Waals surface area (Å²) in [6.45, 7) is 12.9. The van der Waals surface area contributed by atoms with Gasteiger partial charge in [0.1, 0.15) is 0 Å². The molecule has 0 bridgehead atoms. The zero-order valence-electron chi connectivity index (χ0n) is 30.6. The number of rotatable bonds is 14. The van der Waals surface area contributed by atoms with Crippen LogP contribution >= 0.6 is 0 Å². The predicted octanol–water partition coefficient (Wildman–Crippen LogP) is 10.7. The third-order valence-corrected chi connectivity index (χ3v) is 9.41. The minimum Gasteiger partial charge on any atom is -0.493 e. The molecule has 6 heteroatoms. The third kappa shape index (κ3) is 7.44. The maximum absolute atomic E-state index is 6.12. The van der Waals surface area contributed by atoms with E-state index in [4.69, 9.17) is 28.4 Å². The van der Waals surface area contributed by atoms with Gasteiger partial charge in [0.05, 0.1) is 40.6 Å². The standard InChI is InChI=1S/C43H50O6/c1-11-27(3)48-41-37(44-7)23-31(24-38(41)45-8)15-13-29-17-19-33-34-20-18-30(22-36(34)43(5,6)35(33)21-29)14-16-32-25-39(46-9)42(40(26-32)47-10)49-28(4)12-2/h13-28H,11-12H2,1-10H3/b15-13+,16-14+. The molecule has 0 saturated carbocycles. The molecule has 0 spiro atoms. The SMILES string of the molecule is CCC(C)Oc1c(OC)cc(/C=C/c2ccc3c(c2)C(C)(C)c2cc(/C=C/c4cc(OC)c(OC(C)CC)c(OC)c4)ccc2-3)cc1OC. The van der Waals surface area contributed by atoms with Gasteiger partial charge in [-0.05, 0) is 95.5 Å². The Morgan fingerprint density at radius 1 is 0.510 bits per heavy atom. The molecular weight excluding hydrogens is 612 g/mol. The fourth-order valence-corrected chi connectivity index (χ4v) is 6.16. The van der Waals surface area contributed by atoms with Crippen molar-refractivity contribution >= 4 is 24.3 Å². The van der Waals surface area contributed by atoms with Crippen molar-refractivity contribution < 1.29 is 28.4 Å². The van der Waals surface area contributed by atoms with Gasteiger partial charge in [0.25, 0.3) is 0 Å². The first-order chi connectivity index (χ1) is 23.6. The maximum Gasteiger partial charge on any atom is 0.203 e. The topological polar surface area (TPSA) is 55.4 Å². The van der Waals surface area contributed by atoms with E-state index in [2.05, 4.69) is 88.4 Å². The Morgan fingerprint density at radius 3 is 1.14 bits per heavy atom. The molecule has 49 heavy (non-hydrogen) atoms. The van der Waals surface area contributed by atoms with Gasteiger partial charge in [-0.2, -0.15) is 0 Å². The highest BCUT2D eigenvalue weighted by atomic mass is 16.5. The number of hydrogen-bond acceptors (Lipinski definition) is 6. The number of hydrogen-bond donors (Lipinski definition) is 0. The van der Waals surface area contributed by atoms with Gasteiger partial charge in [-0.15, -0.1) is 0 Å². The molecule has 5 rings (SSSR count). The Kier molecular flexibility index (Phi) is 11.0. The normalized spacial score (nSPS) is 14.3. The highest BCUT2D eigenvalue weighted by Crippen LogP contribution is 2.49. The highest BCUT2D eigenvalue weighted by Gasteiger charge is 2.35. The number of benzene rings is 4. The van der Waals surface area contributed by atoms with Crippen LogP contribution < -0.4 is 28.4 Å². The average Bonchev–Trinajstić information content (AvgIpc) is 3.34. The van der Waals surface area contributed by atoms with Gasteiger partial charge in [0, 0.05) is 5.41 Å². The Hall–Kier alpha value is -4.84. The lowest BCUT2D eigenvalue weighted by atomic mass is 9.81. The molecule has 258 valence electrons. The molecule has 0 saturated heterocycles. The van der Waals surface area contributed by atoms with E-state index in [1.807, 2.05) is 38.1 Å². The molecule has 1 aliphatic carbocycles. The first kappa shape index (κ1) is 35.5. The van der Waals surface area contributed by atoms with E-state index in [-0.39, 0.29) is 17.6 Å². The summed E-state index contributed by atoms with van der Waals surface area (Å²) in [7, 11) is 6.62. The largest absolute Gasteiger partial charge is 0.493 e. The van der Waals surface area contributed by atoms with Gasteiger partial charge >= 0.3 is 0 Å². The third-order valence-electron chi connectivity index (χ3n) is 9.41. The fraction of sp³-hybridized carbons (Fsp3) is 0.349. The van der Waals surface area contributed by atoms with Gasteiger partial charge in [-0.25, -0.2) is 0 Å². The summed E-state index contributed by atoms with van der Waals surface area (Å²) in [6.07, 6.45) is 10.3. The summed E-state index contributed by atoms with van der Waals surface area (Å²) in [5.74, 6) is 3.88. The molecule has 6 nitrogen and oxygen atoms in total.